The summed E-state index contributed by atoms with van der Waals surface area (Å²) in [5, 5.41) is 7.15. The van der Waals surface area contributed by atoms with Crippen molar-refractivity contribution < 1.29 is 9.18 Å². The topological polar surface area (TPSA) is 46.9 Å². The summed E-state index contributed by atoms with van der Waals surface area (Å²) in [5.74, 6) is -0.568. The molecule has 1 N–H and O–H groups in total. The molecule has 0 spiro atoms. The summed E-state index contributed by atoms with van der Waals surface area (Å²) in [6, 6.07) is 4.27. The van der Waals surface area contributed by atoms with E-state index in [1.165, 1.54) is 18.2 Å². The van der Waals surface area contributed by atoms with Crippen LogP contribution in [-0.4, -0.2) is 15.7 Å². The third kappa shape index (κ3) is 3.42. The van der Waals surface area contributed by atoms with Crippen LogP contribution in [-0.2, 0) is 11.3 Å². The second kappa shape index (κ2) is 6.56. The zero-order valence-corrected chi connectivity index (χ0v) is 13.3. The Balaban J connectivity index is 2.13. The molecular formula is C17H20FN3O. The molecule has 0 aliphatic carbocycles. The van der Waals surface area contributed by atoms with Crippen molar-refractivity contribution >= 4 is 17.7 Å². The first kappa shape index (κ1) is 15.9. The van der Waals surface area contributed by atoms with Crippen LogP contribution in [0.5, 0.6) is 0 Å². The highest BCUT2D eigenvalue weighted by Gasteiger charge is 2.08. The standard InChI is InChI=1S/C17H20FN3O/c1-5-21-13(4)15(12(3)20-21)7-9-17(22)19-16-8-6-14(18)10-11(16)2/h6-10H,5H2,1-4H3,(H,19,22)/b9-7-. The van der Waals surface area contributed by atoms with Crippen LogP contribution in [0.3, 0.4) is 0 Å². The lowest BCUT2D eigenvalue weighted by Crippen LogP contribution is -2.09. The number of nitrogens with one attached hydrogen (secondary N) is 1. The van der Waals surface area contributed by atoms with Gasteiger partial charge in [-0.15, -0.1) is 0 Å². The molecule has 1 aromatic heterocycles. The van der Waals surface area contributed by atoms with Gasteiger partial charge in [0.05, 0.1) is 5.69 Å². The maximum Gasteiger partial charge on any atom is 0.248 e. The quantitative estimate of drug-likeness (QED) is 0.877. The van der Waals surface area contributed by atoms with Crippen molar-refractivity contribution in [2.45, 2.75) is 34.2 Å². The van der Waals surface area contributed by atoms with E-state index < -0.39 is 0 Å². The molecule has 0 aliphatic heterocycles. The van der Waals surface area contributed by atoms with Gasteiger partial charge in [-0.3, -0.25) is 9.48 Å². The molecule has 1 aromatic carbocycles. The molecule has 2 rings (SSSR count). The lowest BCUT2D eigenvalue weighted by Gasteiger charge is -2.06. The molecule has 0 bridgehead atoms. The summed E-state index contributed by atoms with van der Waals surface area (Å²) >= 11 is 0. The van der Waals surface area contributed by atoms with Gasteiger partial charge in [-0.2, -0.15) is 5.10 Å². The number of carbonyl (C=O) groups is 1. The van der Waals surface area contributed by atoms with E-state index in [1.54, 1.807) is 19.1 Å². The van der Waals surface area contributed by atoms with E-state index in [1.807, 2.05) is 25.5 Å². The first-order valence-electron chi connectivity index (χ1n) is 7.21. The molecule has 1 heterocycles. The lowest BCUT2D eigenvalue weighted by atomic mass is 10.1. The van der Waals surface area contributed by atoms with Crippen LogP contribution in [0.4, 0.5) is 10.1 Å². The van der Waals surface area contributed by atoms with Crippen molar-refractivity contribution in [2.24, 2.45) is 0 Å². The maximum atomic E-state index is 13.0. The molecule has 116 valence electrons. The second-order valence-electron chi connectivity index (χ2n) is 5.18. The van der Waals surface area contributed by atoms with Gasteiger partial charge in [0.25, 0.3) is 0 Å². The molecule has 0 radical (unpaired) electrons. The molecule has 5 heteroatoms. The van der Waals surface area contributed by atoms with Crippen LogP contribution >= 0.6 is 0 Å². The van der Waals surface area contributed by atoms with Crippen LogP contribution in [0.1, 0.15) is 29.4 Å². The van der Waals surface area contributed by atoms with Crippen molar-refractivity contribution in [1.82, 2.24) is 9.78 Å². The third-order valence-electron chi connectivity index (χ3n) is 3.58. The number of nitrogens with zero attached hydrogens (tertiary/aromatic N) is 2. The second-order valence-corrected chi connectivity index (χ2v) is 5.18. The van der Waals surface area contributed by atoms with Crippen LogP contribution < -0.4 is 5.32 Å². The number of rotatable bonds is 4. The normalized spacial score (nSPS) is 11.1. The Labute approximate surface area is 129 Å². The van der Waals surface area contributed by atoms with E-state index in [4.69, 9.17) is 0 Å². The zero-order chi connectivity index (χ0) is 16.3. The molecule has 0 atom stereocenters. The number of hydrogen-bond acceptors (Lipinski definition) is 2. The largest absolute Gasteiger partial charge is 0.322 e. The van der Waals surface area contributed by atoms with Crippen LogP contribution in [0.15, 0.2) is 24.3 Å². The van der Waals surface area contributed by atoms with Gasteiger partial charge >= 0.3 is 0 Å². The van der Waals surface area contributed by atoms with E-state index in [0.29, 0.717) is 11.3 Å². The first-order chi connectivity index (χ1) is 10.4. The molecule has 0 saturated heterocycles. The Morgan fingerprint density at radius 3 is 2.68 bits per heavy atom. The number of hydrogen-bond donors (Lipinski definition) is 1. The number of anilines is 1. The van der Waals surface area contributed by atoms with E-state index in [9.17, 15) is 9.18 Å². The minimum Gasteiger partial charge on any atom is -0.322 e. The Hall–Kier alpha value is -2.43. The monoisotopic (exact) mass is 301 g/mol. The van der Waals surface area contributed by atoms with Crippen molar-refractivity contribution in [3.8, 4) is 0 Å². The van der Waals surface area contributed by atoms with Gasteiger partial charge in [-0.25, -0.2) is 4.39 Å². The SMILES string of the molecule is CCn1nc(C)c(/C=C\C(=O)Nc2ccc(F)cc2C)c1C. The minimum atomic E-state index is -0.315. The number of amides is 1. The average Bonchev–Trinajstić information content (AvgIpc) is 2.74. The smallest absolute Gasteiger partial charge is 0.248 e. The minimum absolute atomic E-state index is 0.252. The summed E-state index contributed by atoms with van der Waals surface area (Å²) in [6.45, 7) is 8.46. The lowest BCUT2D eigenvalue weighted by molar-refractivity contribution is -0.111. The van der Waals surface area contributed by atoms with Gasteiger partial charge in [0.15, 0.2) is 0 Å². The van der Waals surface area contributed by atoms with E-state index in [0.717, 1.165) is 23.5 Å². The summed E-state index contributed by atoms with van der Waals surface area (Å²) in [5.41, 5.74) is 4.16. The summed E-state index contributed by atoms with van der Waals surface area (Å²) in [4.78, 5) is 12.0. The third-order valence-corrected chi connectivity index (χ3v) is 3.58. The molecule has 2 aromatic rings. The van der Waals surface area contributed by atoms with Crippen molar-refractivity contribution in [3.05, 3.63) is 52.6 Å². The highest BCUT2D eigenvalue weighted by molar-refractivity contribution is 6.02. The van der Waals surface area contributed by atoms with Crippen LogP contribution in [0.2, 0.25) is 0 Å². The van der Waals surface area contributed by atoms with Crippen molar-refractivity contribution in [1.29, 1.82) is 0 Å². The maximum absolute atomic E-state index is 13.0. The van der Waals surface area contributed by atoms with Gasteiger partial charge < -0.3 is 5.32 Å². The van der Waals surface area contributed by atoms with Crippen LogP contribution in [0, 0.1) is 26.6 Å². The Bertz CT molecular complexity index is 732. The summed E-state index contributed by atoms with van der Waals surface area (Å²) < 4.78 is 14.9. The van der Waals surface area contributed by atoms with Crippen molar-refractivity contribution in [2.75, 3.05) is 5.32 Å². The number of benzene rings is 1. The number of aryl methyl sites for hydroxylation is 3. The molecular weight excluding hydrogens is 281 g/mol. The summed E-state index contributed by atoms with van der Waals surface area (Å²) in [6.07, 6.45) is 3.23. The fraction of sp³-hybridized carbons (Fsp3) is 0.294. The molecule has 1 amide bonds. The van der Waals surface area contributed by atoms with Crippen molar-refractivity contribution in [3.63, 3.8) is 0 Å². The molecule has 4 nitrogen and oxygen atoms in total. The van der Waals surface area contributed by atoms with Gasteiger partial charge in [0.1, 0.15) is 5.82 Å². The first-order valence-corrected chi connectivity index (χ1v) is 7.21. The zero-order valence-electron chi connectivity index (χ0n) is 13.3. The Morgan fingerprint density at radius 2 is 2.09 bits per heavy atom. The number of aromatic nitrogens is 2. The van der Waals surface area contributed by atoms with E-state index in [-0.39, 0.29) is 11.7 Å². The Kier molecular flexibility index (Phi) is 4.75. The highest BCUT2D eigenvalue weighted by Crippen LogP contribution is 2.17. The van der Waals surface area contributed by atoms with Gasteiger partial charge in [-0.05, 0) is 57.5 Å². The van der Waals surface area contributed by atoms with E-state index >= 15 is 0 Å². The predicted octanol–water partition coefficient (Wildman–Crippen LogP) is 3.62. The predicted molar refractivity (Wildman–Crippen MR) is 86.2 cm³/mol. The average molecular weight is 301 g/mol. The van der Waals surface area contributed by atoms with Gasteiger partial charge in [-0.1, -0.05) is 0 Å². The number of carbonyl (C=O) groups excluding carboxylic acids is 1. The Morgan fingerprint density at radius 1 is 1.36 bits per heavy atom. The molecule has 0 unspecified atom stereocenters. The number of halogens is 1. The molecule has 0 saturated carbocycles. The van der Waals surface area contributed by atoms with Gasteiger partial charge in [0, 0.05) is 29.6 Å². The fourth-order valence-electron chi connectivity index (χ4n) is 2.36. The summed E-state index contributed by atoms with van der Waals surface area (Å²) in [7, 11) is 0. The van der Waals surface area contributed by atoms with Gasteiger partial charge in [0.2, 0.25) is 5.91 Å². The highest BCUT2D eigenvalue weighted by atomic mass is 19.1. The molecule has 22 heavy (non-hydrogen) atoms. The fourth-order valence-corrected chi connectivity index (χ4v) is 2.36. The van der Waals surface area contributed by atoms with Crippen LogP contribution in [0.25, 0.3) is 6.08 Å². The van der Waals surface area contributed by atoms with E-state index in [2.05, 4.69) is 10.4 Å². The molecule has 0 aliphatic rings. The molecule has 0 fully saturated rings.